The molecule has 0 aliphatic carbocycles. The molecule has 2 aliphatic rings. The van der Waals surface area contributed by atoms with Crippen molar-refractivity contribution < 1.29 is 17.9 Å². The van der Waals surface area contributed by atoms with Gasteiger partial charge in [0.25, 0.3) is 0 Å². The van der Waals surface area contributed by atoms with Gasteiger partial charge in [0.2, 0.25) is 0 Å². The van der Waals surface area contributed by atoms with Crippen molar-refractivity contribution in [1.82, 2.24) is 48.5 Å². The van der Waals surface area contributed by atoms with Gasteiger partial charge in [-0.1, -0.05) is 251 Å². The van der Waals surface area contributed by atoms with Crippen LogP contribution in [0.4, 0.5) is 0 Å². The van der Waals surface area contributed by atoms with Crippen molar-refractivity contribution in [3.63, 3.8) is 0 Å². The number of aliphatic imine (C=N–C) groups is 2. The smallest absolute Gasteiger partial charge is 0.191 e. The van der Waals surface area contributed by atoms with Gasteiger partial charge in [0, 0.05) is 104 Å². The predicted molar refractivity (Wildman–Crippen MR) is 484 cm³/mol. The molecular formula is C92H150N12O4S4. The Balaban J connectivity index is 0.000000616. The summed E-state index contributed by atoms with van der Waals surface area (Å²) in [5.74, 6) is 4.46. The quantitative estimate of drug-likeness (QED) is 0.151. The Hall–Kier alpha value is -6.87. The van der Waals surface area contributed by atoms with Crippen molar-refractivity contribution in [3.8, 4) is 0 Å². The molecule has 0 fully saturated rings. The summed E-state index contributed by atoms with van der Waals surface area (Å²) in [7, 11) is 2.06. The zero-order chi connectivity index (χ0) is 87.1. The minimum Gasteiger partial charge on any atom is -0.449 e. The molecule has 20 heteroatoms. The standard InChI is InChI=1S/C10H15N.C9H16N2.C9H15N.4C8H13NO.4C8H13NS/c1-5-9-8(6-7-11-9)10(2,3)4;1-7-10-6-8(11(7)5)9(2,3)4;1-7-5-8(6-10-7)9(2,3)4;1-6-9-7(5-10-6)8(2,3)4;1-6-9-5-7(10-6)8(2,3)4;1-6-7(5-10-9-6)8(2,3)4;1-6-5-7(10-9-6)8(2,3)4;1-6-9-7(5-10-6)8(2,3)4;1-6-9-5-7(10-6)8(2,3)4;1-6-7(5-10-9-6)8(2,3)4;1-6-5-7(10-9-6)8(2,3)4/h5-6H,1,7H2,2-4H3;6H,1-5H3;5H,6H2,1-4H3;8*5H,1-4H3. The number of hydrogen-bond donors (Lipinski definition) is 0. The molecule has 0 aromatic carbocycles. The van der Waals surface area contributed by atoms with Gasteiger partial charge < -0.3 is 22.4 Å². The molecule has 0 radical (unpaired) electrons. The topological polar surface area (TPSA) is 198 Å². The molecule has 0 spiro atoms. The third kappa shape index (κ3) is 38.5. The lowest BCUT2D eigenvalue weighted by molar-refractivity contribution is 0.327. The van der Waals surface area contributed by atoms with Gasteiger partial charge in [0.05, 0.1) is 69.2 Å². The molecule has 0 N–H and O–H groups in total. The Morgan fingerprint density at radius 1 is 0.473 bits per heavy atom. The molecule has 0 bridgehead atoms. The van der Waals surface area contributed by atoms with Crippen molar-refractivity contribution >= 4 is 57.2 Å². The van der Waals surface area contributed by atoms with E-state index in [0.717, 1.165) is 80.7 Å². The van der Waals surface area contributed by atoms with Crippen molar-refractivity contribution in [2.75, 3.05) is 13.1 Å². The molecule has 9 aromatic rings. The van der Waals surface area contributed by atoms with Gasteiger partial charge in [-0.3, -0.25) is 9.98 Å². The largest absolute Gasteiger partial charge is 0.449 e. The highest BCUT2D eigenvalue weighted by Crippen LogP contribution is 2.33. The molecule has 0 atom stereocenters. The molecule has 2 aliphatic heterocycles. The van der Waals surface area contributed by atoms with Gasteiger partial charge in [-0.25, -0.2) is 24.9 Å². The average molecular weight is 1620 g/mol. The molecule has 16 nitrogen and oxygen atoms in total. The molecule has 0 amide bonds. The minimum atomic E-state index is 0.0846. The zero-order valence-corrected chi connectivity index (χ0v) is 81.4. The Labute approximate surface area is 696 Å². The van der Waals surface area contributed by atoms with Crippen molar-refractivity contribution in [2.24, 2.45) is 27.9 Å². The molecule has 0 unspecified atom stereocenters. The van der Waals surface area contributed by atoms with Gasteiger partial charge in [-0.15, -0.1) is 22.7 Å². The summed E-state index contributed by atoms with van der Waals surface area (Å²) in [5.41, 5.74) is 17.5. The van der Waals surface area contributed by atoms with Crippen LogP contribution in [0.15, 0.2) is 118 Å². The summed E-state index contributed by atoms with van der Waals surface area (Å²) < 4.78 is 30.9. The van der Waals surface area contributed by atoms with Crippen molar-refractivity contribution in [3.05, 3.63) is 190 Å². The van der Waals surface area contributed by atoms with E-state index in [1.807, 2.05) is 79.9 Å². The van der Waals surface area contributed by atoms with E-state index in [1.54, 1.807) is 64.5 Å². The molecule has 0 saturated heterocycles. The number of hydrogen-bond acceptors (Lipinski definition) is 19. The lowest BCUT2D eigenvalue weighted by atomic mass is 9.84. The van der Waals surface area contributed by atoms with Gasteiger partial charge in [-0.2, -0.15) is 8.75 Å². The Bertz CT molecular complexity index is 3920. The molecule has 9 aromatic heterocycles. The van der Waals surface area contributed by atoms with Crippen LogP contribution in [0.25, 0.3) is 0 Å². The highest BCUT2D eigenvalue weighted by Gasteiger charge is 2.26. The SMILES string of the molecule is C=CC1=NCC=C1C(C)(C)C.CC1=NCC(C(C)(C)C)=C1.Cc1cc(C(C)(C)C)on1.Cc1cc(C(C)(C)C)sn1.Cc1nc(C(C)(C)C)co1.Cc1nc(C(C)(C)C)cs1.Cc1ncc(C(C)(C)C)n1C.Cc1ncc(C(C)(C)C)o1.Cc1ncc(C(C)(C)C)s1.Cc1nocc1C(C)(C)C.Cc1nscc1C(C)(C)C. The third-order valence-electron chi connectivity index (χ3n) is 17.0. The second-order valence-electron chi connectivity index (χ2n) is 40.0. The van der Waals surface area contributed by atoms with E-state index in [9.17, 15) is 0 Å². The minimum absolute atomic E-state index is 0.0846. The Morgan fingerprint density at radius 2 is 1.04 bits per heavy atom. The van der Waals surface area contributed by atoms with E-state index in [1.165, 1.54) is 54.8 Å². The van der Waals surface area contributed by atoms with Crippen LogP contribution < -0.4 is 0 Å². The van der Waals surface area contributed by atoms with Crippen LogP contribution in [0.3, 0.4) is 0 Å². The summed E-state index contributed by atoms with van der Waals surface area (Å²) >= 11 is 6.65. The lowest BCUT2D eigenvalue weighted by Crippen LogP contribution is -2.16. The van der Waals surface area contributed by atoms with E-state index >= 15 is 0 Å². The van der Waals surface area contributed by atoms with Crippen LogP contribution in [0.5, 0.6) is 0 Å². The number of imidazole rings is 1. The second kappa shape index (κ2) is 42.7. The molecule has 0 saturated carbocycles. The average Bonchev–Trinajstić information content (AvgIpc) is 1.67. The van der Waals surface area contributed by atoms with Gasteiger partial charge in [0.15, 0.2) is 11.8 Å². The number of oxazole rings is 2. The molecule has 11 rings (SSSR count). The maximum absolute atomic E-state index is 5.34. The molecule has 112 heavy (non-hydrogen) atoms. The summed E-state index contributed by atoms with van der Waals surface area (Å²) in [4.78, 5) is 32.4. The second-order valence-corrected chi connectivity index (χ2v) is 43.7. The first-order valence-corrected chi connectivity index (χ1v) is 42.3. The van der Waals surface area contributed by atoms with Crippen LogP contribution in [0.1, 0.15) is 335 Å². The molecular weight excluding hydrogens is 1470 g/mol. The van der Waals surface area contributed by atoms with Crippen LogP contribution in [-0.4, -0.2) is 73.1 Å². The van der Waals surface area contributed by atoms with E-state index in [2.05, 4.69) is 343 Å². The van der Waals surface area contributed by atoms with Crippen LogP contribution in [0.2, 0.25) is 0 Å². The van der Waals surface area contributed by atoms with E-state index < -0.39 is 0 Å². The summed E-state index contributed by atoms with van der Waals surface area (Å²) in [5, 5.41) is 14.2. The number of aryl methyl sites for hydroxylation is 9. The fourth-order valence-electron chi connectivity index (χ4n) is 9.79. The number of thiazole rings is 2. The fraction of sp³-hybridized carbons (Fsp3) is 0.620. The highest BCUT2D eigenvalue weighted by molar-refractivity contribution is 7.11. The first-order valence-electron chi connectivity index (χ1n) is 39.0. The number of nitrogens with zero attached hydrogens (tertiary/aromatic N) is 12. The summed E-state index contributed by atoms with van der Waals surface area (Å²) in [6.45, 7) is 97.1. The van der Waals surface area contributed by atoms with Crippen LogP contribution in [0, 0.1) is 73.1 Å². The Kier molecular flexibility index (Phi) is 39.3. The van der Waals surface area contributed by atoms with Crippen LogP contribution >= 0.6 is 45.7 Å². The van der Waals surface area contributed by atoms with E-state index in [-0.39, 0.29) is 54.1 Å². The maximum atomic E-state index is 5.34. The van der Waals surface area contributed by atoms with Crippen molar-refractivity contribution in [2.45, 2.75) is 346 Å². The normalized spacial score (nSPS) is 13.2. The van der Waals surface area contributed by atoms with Gasteiger partial charge in [0.1, 0.15) is 29.9 Å². The number of aromatic nitrogens is 10. The summed E-state index contributed by atoms with van der Waals surface area (Å²) in [6.07, 6.45) is 15.4. The number of allylic oxidation sites excluding steroid dienone is 3. The molecule has 626 valence electrons. The maximum Gasteiger partial charge on any atom is 0.191 e. The highest BCUT2D eigenvalue weighted by atomic mass is 32.1. The third-order valence-corrected chi connectivity index (χ3v) is 21.2. The summed E-state index contributed by atoms with van der Waals surface area (Å²) in [6, 6.07) is 4.13. The van der Waals surface area contributed by atoms with Crippen LogP contribution in [-0.2, 0) is 55.8 Å². The zero-order valence-electron chi connectivity index (χ0n) is 78.2. The van der Waals surface area contributed by atoms with Gasteiger partial charge >= 0.3 is 0 Å². The van der Waals surface area contributed by atoms with Gasteiger partial charge in [-0.05, 0) is 146 Å². The predicted octanol–water partition coefficient (Wildman–Crippen LogP) is 27.2. The first kappa shape index (κ1) is 103. The molecule has 11 heterocycles. The first-order chi connectivity index (χ1) is 50.5. The lowest BCUT2D eigenvalue weighted by Gasteiger charge is -2.20. The van der Waals surface area contributed by atoms with E-state index in [0.29, 0.717) is 5.41 Å². The fourth-order valence-corrected chi connectivity index (χ4v) is 13.2. The van der Waals surface area contributed by atoms with E-state index in [4.69, 9.17) is 17.9 Å². The Morgan fingerprint density at radius 3 is 1.25 bits per heavy atom. The monoisotopic (exact) mass is 1620 g/mol. The number of rotatable bonds is 1. The van der Waals surface area contributed by atoms with Crippen molar-refractivity contribution in [1.29, 1.82) is 0 Å².